The minimum Gasteiger partial charge on any atom is -0.399 e. The summed E-state index contributed by atoms with van der Waals surface area (Å²) in [5, 5.41) is 12.8. The van der Waals surface area contributed by atoms with Gasteiger partial charge in [-0.3, -0.25) is 9.59 Å². The average Bonchev–Trinajstić information content (AvgIpc) is 3.18. The van der Waals surface area contributed by atoms with Crippen molar-refractivity contribution in [3.63, 3.8) is 0 Å². The molecule has 8 nitrogen and oxygen atoms in total. The summed E-state index contributed by atoms with van der Waals surface area (Å²) in [5.74, 6) is -0.931. The lowest BCUT2D eigenvalue weighted by Gasteiger charge is -2.30. The quantitative estimate of drug-likeness (QED) is 0.424. The van der Waals surface area contributed by atoms with Crippen molar-refractivity contribution >= 4 is 50.6 Å². The number of rotatable bonds is 6. The maximum Gasteiger partial charge on any atom is 0.245 e. The maximum absolute atomic E-state index is 14.1. The van der Waals surface area contributed by atoms with Gasteiger partial charge >= 0.3 is 0 Å². The predicted octanol–water partition coefficient (Wildman–Crippen LogP) is 4.69. The zero-order valence-corrected chi connectivity index (χ0v) is 21.7. The fourth-order valence-electron chi connectivity index (χ4n) is 4.20. The first-order valence-electron chi connectivity index (χ1n) is 10.9. The zero-order valence-electron chi connectivity index (χ0n) is 19.4. The molecule has 1 aliphatic rings. The van der Waals surface area contributed by atoms with E-state index < -0.39 is 27.9 Å². The van der Waals surface area contributed by atoms with E-state index in [2.05, 4.69) is 5.32 Å². The molecule has 0 unspecified atom stereocenters. The molecule has 0 saturated carbocycles. The molecule has 0 radical (unpaired) electrons. The van der Waals surface area contributed by atoms with E-state index in [1.165, 1.54) is 55.5 Å². The van der Waals surface area contributed by atoms with Crippen LogP contribution in [0.3, 0.4) is 0 Å². The monoisotopic (exact) mass is 554 g/mol. The zero-order chi connectivity index (χ0) is 26.9. The van der Waals surface area contributed by atoms with Crippen LogP contribution in [0.25, 0.3) is 0 Å². The van der Waals surface area contributed by atoms with Crippen LogP contribution in [0.4, 0.5) is 5.69 Å². The van der Waals surface area contributed by atoms with Gasteiger partial charge < -0.3 is 11.1 Å². The van der Waals surface area contributed by atoms with E-state index >= 15 is 0 Å². The van der Waals surface area contributed by atoms with E-state index in [9.17, 15) is 23.3 Å². The predicted molar refractivity (Wildman–Crippen MR) is 140 cm³/mol. The number of amides is 1. The molecule has 1 aliphatic heterocycles. The smallest absolute Gasteiger partial charge is 0.245 e. The van der Waals surface area contributed by atoms with Crippen LogP contribution in [0.15, 0.2) is 89.0 Å². The molecule has 0 saturated heterocycles. The summed E-state index contributed by atoms with van der Waals surface area (Å²) in [7, 11) is -4.46. The largest absolute Gasteiger partial charge is 0.399 e. The number of hydrogen-bond donors (Lipinski definition) is 2. The molecule has 3 N–H and O–H groups in total. The maximum atomic E-state index is 14.1. The van der Waals surface area contributed by atoms with E-state index in [1.54, 1.807) is 24.3 Å². The number of anilines is 1. The molecule has 0 aliphatic carbocycles. The standard InChI is InChI=1S/C26H20Cl2N4O4S/c1-15(33)31-17-10-12-18(13-11-17)37(35,36)32-24(19-8-5-9-21(27)22(19)28)20(14-29)23(30)25(32)26(34)16-6-3-2-4-7-16/h2-13,24-25H,30H2,1H3,(H,31,33)/t24-,25+/m1/s1. The SMILES string of the molecule is CC(=O)Nc1ccc(S(=O)(=O)N2[C@H](C(=O)c3ccccc3)C(N)=C(C#N)[C@H]2c2cccc(Cl)c2Cl)cc1. The first-order valence-corrected chi connectivity index (χ1v) is 13.1. The molecule has 37 heavy (non-hydrogen) atoms. The number of nitriles is 1. The third-order valence-electron chi connectivity index (χ3n) is 5.84. The Morgan fingerprint density at radius 1 is 1.00 bits per heavy atom. The van der Waals surface area contributed by atoms with Crippen LogP contribution in [0.2, 0.25) is 10.0 Å². The number of ketones is 1. The molecule has 0 aromatic heterocycles. The van der Waals surface area contributed by atoms with Gasteiger partial charge in [0.25, 0.3) is 0 Å². The molecule has 11 heteroatoms. The highest BCUT2D eigenvalue weighted by Gasteiger charge is 2.51. The average molecular weight is 555 g/mol. The Morgan fingerprint density at radius 2 is 1.65 bits per heavy atom. The Bertz CT molecular complexity index is 1570. The van der Waals surface area contributed by atoms with Gasteiger partial charge in [-0.05, 0) is 35.9 Å². The van der Waals surface area contributed by atoms with Gasteiger partial charge in [0.05, 0.1) is 38.3 Å². The van der Waals surface area contributed by atoms with Gasteiger partial charge in [0.1, 0.15) is 6.04 Å². The fraction of sp³-hybridized carbons (Fsp3) is 0.115. The third kappa shape index (κ3) is 4.84. The first kappa shape index (κ1) is 26.4. The van der Waals surface area contributed by atoms with Crippen molar-refractivity contribution in [2.45, 2.75) is 23.9 Å². The lowest BCUT2D eigenvalue weighted by atomic mass is 10.00. The van der Waals surface area contributed by atoms with Crippen LogP contribution in [0, 0.1) is 11.3 Å². The van der Waals surface area contributed by atoms with Crippen molar-refractivity contribution in [3.05, 3.63) is 105 Å². The van der Waals surface area contributed by atoms with Crippen molar-refractivity contribution in [1.29, 1.82) is 5.26 Å². The number of nitrogens with zero attached hydrogens (tertiary/aromatic N) is 2. The van der Waals surface area contributed by atoms with Crippen LogP contribution in [0.5, 0.6) is 0 Å². The summed E-state index contributed by atoms with van der Waals surface area (Å²) >= 11 is 12.7. The highest BCUT2D eigenvalue weighted by atomic mass is 35.5. The molecule has 188 valence electrons. The Balaban J connectivity index is 1.94. The van der Waals surface area contributed by atoms with Crippen LogP contribution < -0.4 is 11.1 Å². The van der Waals surface area contributed by atoms with E-state index in [1.807, 2.05) is 6.07 Å². The molecule has 0 bridgehead atoms. The molecule has 3 aromatic rings. The molecule has 0 spiro atoms. The summed E-state index contributed by atoms with van der Waals surface area (Å²) in [4.78, 5) is 24.9. The Hall–Kier alpha value is -3.68. The summed E-state index contributed by atoms with van der Waals surface area (Å²) in [6.07, 6.45) is 0. The number of benzene rings is 3. The Kier molecular flexibility index (Phi) is 7.39. The Labute approximate surface area is 224 Å². The summed E-state index contributed by atoms with van der Waals surface area (Å²) in [5.41, 5.74) is 6.82. The van der Waals surface area contributed by atoms with E-state index in [0.29, 0.717) is 5.69 Å². The molecule has 4 rings (SSSR count). The van der Waals surface area contributed by atoms with Crippen LogP contribution >= 0.6 is 23.2 Å². The van der Waals surface area contributed by atoms with Crippen LogP contribution in [-0.4, -0.2) is 30.5 Å². The molecule has 2 atom stereocenters. The van der Waals surface area contributed by atoms with Gasteiger partial charge in [-0.15, -0.1) is 0 Å². The normalized spacial score (nSPS) is 17.9. The second kappa shape index (κ2) is 10.4. The van der Waals surface area contributed by atoms with Crippen molar-refractivity contribution < 1.29 is 18.0 Å². The topological polar surface area (TPSA) is 133 Å². The van der Waals surface area contributed by atoms with E-state index in [4.69, 9.17) is 28.9 Å². The molecule has 1 heterocycles. The van der Waals surface area contributed by atoms with Gasteiger partial charge in [0.15, 0.2) is 5.78 Å². The van der Waals surface area contributed by atoms with Gasteiger partial charge in [0, 0.05) is 18.2 Å². The number of carbonyl (C=O) groups excluding carboxylic acids is 2. The lowest BCUT2D eigenvalue weighted by molar-refractivity contribution is -0.114. The molecular formula is C26H20Cl2N4O4S. The number of nitrogens with one attached hydrogen (secondary N) is 1. The van der Waals surface area contributed by atoms with Crippen LogP contribution in [0.1, 0.15) is 28.9 Å². The summed E-state index contributed by atoms with van der Waals surface area (Å²) < 4.78 is 29.1. The van der Waals surface area contributed by atoms with Gasteiger partial charge in [-0.25, -0.2) is 8.42 Å². The number of Topliss-reactive ketones (excluding diaryl/α,β-unsaturated/α-hetero) is 1. The second-order valence-electron chi connectivity index (χ2n) is 8.20. The number of carbonyl (C=O) groups is 2. The third-order valence-corrected chi connectivity index (χ3v) is 8.52. The number of hydrogen-bond acceptors (Lipinski definition) is 6. The molecule has 0 fully saturated rings. The van der Waals surface area contributed by atoms with Crippen molar-refractivity contribution in [2.24, 2.45) is 5.73 Å². The summed E-state index contributed by atoms with van der Waals surface area (Å²) in [6, 6.07) is 17.2. The van der Waals surface area contributed by atoms with Crippen molar-refractivity contribution in [3.8, 4) is 6.07 Å². The second-order valence-corrected chi connectivity index (χ2v) is 10.8. The Morgan fingerprint density at radius 3 is 2.24 bits per heavy atom. The minimum atomic E-state index is -4.46. The van der Waals surface area contributed by atoms with E-state index in [0.717, 1.165) is 4.31 Å². The number of nitrogens with two attached hydrogens (primary N) is 1. The van der Waals surface area contributed by atoms with Gasteiger partial charge in [-0.2, -0.15) is 9.57 Å². The highest BCUT2D eigenvalue weighted by molar-refractivity contribution is 7.89. The molecule has 1 amide bonds. The van der Waals surface area contributed by atoms with Crippen molar-refractivity contribution in [2.75, 3.05) is 5.32 Å². The minimum absolute atomic E-state index is 0.0312. The first-order chi connectivity index (χ1) is 17.6. The van der Waals surface area contributed by atoms with Crippen molar-refractivity contribution in [1.82, 2.24) is 4.31 Å². The highest BCUT2D eigenvalue weighted by Crippen LogP contribution is 2.46. The number of halogens is 2. The summed E-state index contributed by atoms with van der Waals surface area (Å²) in [6.45, 7) is 1.33. The van der Waals surface area contributed by atoms with Crippen LogP contribution in [-0.2, 0) is 14.8 Å². The number of sulfonamides is 1. The van der Waals surface area contributed by atoms with Gasteiger partial charge in [0.2, 0.25) is 15.9 Å². The fourth-order valence-corrected chi connectivity index (χ4v) is 6.32. The van der Waals surface area contributed by atoms with Gasteiger partial charge in [-0.1, -0.05) is 65.7 Å². The molecule has 3 aromatic carbocycles. The molecular weight excluding hydrogens is 535 g/mol. The van der Waals surface area contributed by atoms with E-state index in [-0.39, 0.29) is 43.2 Å². The lowest BCUT2D eigenvalue weighted by Crippen LogP contribution is -2.45.